The fourth-order valence-electron chi connectivity index (χ4n) is 0. The number of hydrogen-bond donors (Lipinski definition) is 4. The van der Waals surface area contributed by atoms with Gasteiger partial charge in [0, 0.05) is 20.4 Å². The van der Waals surface area contributed by atoms with Crippen molar-refractivity contribution in [3.05, 3.63) is 0 Å². The van der Waals surface area contributed by atoms with Crippen LogP contribution in [0, 0.1) is 0 Å². The van der Waals surface area contributed by atoms with Crippen molar-refractivity contribution in [2.45, 2.75) is 0 Å². The minimum atomic E-state index is 0. The van der Waals surface area contributed by atoms with Gasteiger partial charge in [0.25, 0.3) is 0 Å². The summed E-state index contributed by atoms with van der Waals surface area (Å²) in [5.74, 6) is 0. The van der Waals surface area contributed by atoms with Crippen molar-refractivity contribution in [3.63, 3.8) is 0 Å². The van der Waals surface area contributed by atoms with E-state index in [9.17, 15) is 0 Å². The molecule has 5 heavy (non-hydrogen) atoms. The van der Waals surface area contributed by atoms with Crippen molar-refractivity contribution in [1.29, 1.82) is 0 Å². The first-order valence-corrected chi connectivity index (χ1v) is 0. The zero-order valence-electron chi connectivity index (χ0n) is 3.14. The quantitative estimate of drug-likeness (QED) is 0.400. The minimum Gasteiger partial charge on any atom is -0.344 e. The van der Waals surface area contributed by atoms with Crippen LogP contribution in [0.3, 0.4) is 0 Å². The largest absolute Gasteiger partial charge is 0.344 e. The Morgan fingerprint density at radius 2 is 0.400 bits per heavy atom. The van der Waals surface area contributed by atoms with Gasteiger partial charge in [-0.15, -0.1) is 0 Å². The van der Waals surface area contributed by atoms with Crippen LogP contribution in [-0.2, 0) is 20.4 Å². The molecule has 12 N–H and O–H groups in total. The molecule has 0 saturated heterocycles. The van der Waals surface area contributed by atoms with E-state index in [4.69, 9.17) is 0 Å². The summed E-state index contributed by atoms with van der Waals surface area (Å²) >= 11 is 0. The fourth-order valence-corrected chi connectivity index (χ4v) is 0. The molecule has 5 heteroatoms. The van der Waals surface area contributed by atoms with Crippen molar-refractivity contribution < 1.29 is 20.4 Å². The first-order valence-electron chi connectivity index (χ1n) is 0. The topological polar surface area (TPSA) is 140 Å². The molecule has 0 atom stereocenters. The Morgan fingerprint density at radius 3 is 0.400 bits per heavy atom. The van der Waals surface area contributed by atoms with Gasteiger partial charge >= 0.3 is 0 Å². The van der Waals surface area contributed by atoms with Crippen LogP contribution in [0.5, 0.6) is 0 Å². The molecule has 0 aliphatic rings. The summed E-state index contributed by atoms with van der Waals surface area (Å²) in [4.78, 5) is 0. The Morgan fingerprint density at radius 1 is 0.400 bits per heavy atom. The summed E-state index contributed by atoms with van der Waals surface area (Å²) in [6.07, 6.45) is 0. The first-order chi connectivity index (χ1) is 0. The van der Waals surface area contributed by atoms with Crippen LogP contribution in [0.2, 0.25) is 0 Å². The van der Waals surface area contributed by atoms with Crippen molar-refractivity contribution in [1.82, 2.24) is 24.6 Å². The summed E-state index contributed by atoms with van der Waals surface area (Å²) in [5, 5.41) is 0. The molecule has 0 aromatic rings. The van der Waals surface area contributed by atoms with Crippen LogP contribution in [0.25, 0.3) is 0 Å². The predicted octanol–water partition coefficient (Wildman–Crippen LogP) is 0.645. The molecule has 0 spiro atoms. The van der Waals surface area contributed by atoms with E-state index in [2.05, 4.69) is 0 Å². The third-order valence-corrected chi connectivity index (χ3v) is 0. The van der Waals surface area contributed by atoms with Crippen molar-refractivity contribution >= 4 is 0 Å². The molecule has 0 heterocycles. The number of hydrogen-bond acceptors (Lipinski definition) is 4. The average Bonchev–Trinajstić information content (AvgIpc) is 0. The van der Waals surface area contributed by atoms with Crippen LogP contribution in [-0.4, -0.2) is 0 Å². The second-order valence-electron chi connectivity index (χ2n) is 0. The third-order valence-electron chi connectivity index (χ3n) is 0. The molecule has 0 radical (unpaired) electrons. The Kier molecular flexibility index (Phi) is 19300. The van der Waals surface area contributed by atoms with E-state index >= 15 is 0 Å². The standard InChI is InChI=1S/4H3N.Pd/h4*1H3;. The van der Waals surface area contributed by atoms with Gasteiger partial charge in [-0.05, 0) is 0 Å². The Hall–Kier alpha value is 0.502. The van der Waals surface area contributed by atoms with E-state index in [1.807, 2.05) is 0 Å². The molecule has 0 aromatic heterocycles. The SMILES string of the molecule is N.N.N.N.[Pd]. The van der Waals surface area contributed by atoms with Gasteiger partial charge in [-0.2, -0.15) is 0 Å². The number of rotatable bonds is 0. The summed E-state index contributed by atoms with van der Waals surface area (Å²) in [6, 6.07) is 0. The molecule has 0 unspecified atom stereocenters. The Labute approximate surface area is 45.7 Å². The predicted molar refractivity (Wildman–Crippen MR) is 20.1 cm³/mol. The second kappa shape index (κ2) is 219. The van der Waals surface area contributed by atoms with E-state index < -0.39 is 0 Å². The average molecular weight is 175 g/mol. The third kappa shape index (κ3) is 112. The molecule has 4 nitrogen and oxygen atoms in total. The van der Waals surface area contributed by atoms with Gasteiger partial charge in [0.1, 0.15) is 0 Å². The van der Waals surface area contributed by atoms with E-state index in [1.165, 1.54) is 0 Å². The molecule has 0 fully saturated rings. The molecule has 0 aromatic carbocycles. The zero-order valence-corrected chi connectivity index (χ0v) is 4.70. The molecule has 0 bridgehead atoms. The van der Waals surface area contributed by atoms with Crippen LogP contribution in [0.15, 0.2) is 0 Å². The monoisotopic (exact) mass is 174 g/mol. The van der Waals surface area contributed by atoms with E-state index in [1.54, 1.807) is 0 Å². The summed E-state index contributed by atoms with van der Waals surface area (Å²) in [5.41, 5.74) is 0. The molecule has 0 aliphatic heterocycles. The van der Waals surface area contributed by atoms with Crippen molar-refractivity contribution in [3.8, 4) is 0 Å². The summed E-state index contributed by atoms with van der Waals surface area (Å²) < 4.78 is 0. The van der Waals surface area contributed by atoms with Crippen LogP contribution >= 0.6 is 0 Å². The summed E-state index contributed by atoms with van der Waals surface area (Å²) in [7, 11) is 0. The molecule has 42 valence electrons. The van der Waals surface area contributed by atoms with E-state index in [0.717, 1.165) is 0 Å². The maximum atomic E-state index is 0. The van der Waals surface area contributed by atoms with Crippen LogP contribution in [0.4, 0.5) is 0 Å². The van der Waals surface area contributed by atoms with E-state index in [-0.39, 0.29) is 45.0 Å². The van der Waals surface area contributed by atoms with Crippen LogP contribution in [0.1, 0.15) is 0 Å². The summed E-state index contributed by atoms with van der Waals surface area (Å²) in [6.45, 7) is 0. The molecule has 0 aliphatic carbocycles. The van der Waals surface area contributed by atoms with Gasteiger partial charge < -0.3 is 24.6 Å². The minimum absolute atomic E-state index is 0. The van der Waals surface area contributed by atoms with Gasteiger partial charge in [-0.1, -0.05) is 0 Å². The van der Waals surface area contributed by atoms with E-state index in [0.29, 0.717) is 0 Å². The maximum absolute atomic E-state index is 0. The molecular weight excluding hydrogens is 162 g/mol. The Bertz CT molecular complexity index is 3.61. The fraction of sp³-hybridized carbons (Fsp3) is 0. The van der Waals surface area contributed by atoms with Gasteiger partial charge in [0.05, 0.1) is 0 Å². The normalized spacial score (nSPS) is 0. The molecular formula is H12N4Pd. The first kappa shape index (κ1) is 442. The van der Waals surface area contributed by atoms with Gasteiger partial charge in [0.2, 0.25) is 0 Å². The molecule has 0 rings (SSSR count). The zero-order chi connectivity index (χ0) is 0. The molecule has 0 amide bonds. The van der Waals surface area contributed by atoms with Gasteiger partial charge in [0.15, 0.2) is 0 Å². The van der Waals surface area contributed by atoms with Gasteiger partial charge in [-0.25, -0.2) is 0 Å². The van der Waals surface area contributed by atoms with Gasteiger partial charge in [-0.3, -0.25) is 0 Å². The smallest absolute Gasteiger partial charge is 0 e. The Balaban J connectivity index is 0. The second-order valence-corrected chi connectivity index (χ2v) is 0. The van der Waals surface area contributed by atoms with Crippen molar-refractivity contribution in [2.75, 3.05) is 0 Å². The maximum Gasteiger partial charge on any atom is 0 e. The molecule has 0 saturated carbocycles. The van der Waals surface area contributed by atoms with Crippen molar-refractivity contribution in [2.24, 2.45) is 0 Å². The van der Waals surface area contributed by atoms with Crippen LogP contribution < -0.4 is 24.6 Å².